The fourth-order valence-corrected chi connectivity index (χ4v) is 3.19. The summed E-state index contributed by atoms with van der Waals surface area (Å²) in [5, 5.41) is 3.75. The lowest BCUT2D eigenvalue weighted by Gasteiger charge is -2.60. The molecular weight excluding hydrogens is 146 g/mol. The monoisotopic (exact) mass is 167 g/mol. The molecule has 2 unspecified atom stereocenters. The van der Waals surface area contributed by atoms with E-state index in [9.17, 15) is 0 Å². The summed E-state index contributed by atoms with van der Waals surface area (Å²) in [6, 6.07) is 0.766. The van der Waals surface area contributed by atoms with Crippen LogP contribution in [0.2, 0.25) is 0 Å². The Kier molecular flexibility index (Phi) is 1.76. The van der Waals surface area contributed by atoms with Crippen LogP contribution in [-0.2, 0) is 0 Å². The number of hydrogen-bond acceptors (Lipinski definition) is 1. The summed E-state index contributed by atoms with van der Waals surface area (Å²) >= 11 is 0. The third-order valence-electron chi connectivity index (χ3n) is 4.13. The van der Waals surface area contributed by atoms with E-state index in [0.29, 0.717) is 11.0 Å². The van der Waals surface area contributed by atoms with Gasteiger partial charge in [-0.1, -0.05) is 26.7 Å². The highest BCUT2D eigenvalue weighted by Gasteiger charge is 2.52. The van der Waals surface area contributed by atoms with E-state index < -0.39 is 0 Å². The molecule has 12 heavy (non-hydrogen) atoms. The van der Waals surface area contributed by atoms with Gasteiger partial charge in [0.25, 0.3) is 0 Å². The summed E-state index contributed by atoms with van der Waals surface area (Å²) in [7, 11) is 0. The molecule has 2 rings (SSSR count). The molecule has 0 bridgehead atoms. The Labute approximate surface area is 75.9 Å². The van der Waals surface area contributed by atoms with Crippen molar-refractivity contribution in [1.29, 1.82) is 0 Å². The summed E-state index contributed by atoms with van der Waals surface area (Å²) in [6.45, 7) is 7.17. The van der Waals surface area contributed by atoms with E-state index in [4.69, 9.17) is 0 Å². The summed E-state index contributed by atoms with van der Waals surface area (Å²) in [4.78, 5) is 0. The third-order valence-corrected chi connectivity index (χ3v) is 4.13. The van der Waals surface area contributed by atoms with Gasteiger partial charge in [-0.25, -0.2) is 0 Å². The fourth-order valence-electron chi connectivity index (χ4n) is 3.19. The molecule has 2 atom stereocenters. The van der Waals surface area contributed by atoms with E-state index in [-0.39, 0.29) is 0 Å². The fraction of sp³-hybridized carbons (Fsp3) is 1.00. The van der Waals surface area contributed by atoms with Crippen molar-refractivity contribution in [3.05, 3.63) is 0 Å². The van der Waals surface area contributed by atoms with E-state index in [2.05, 4.69) is 26.1 Å². The van der Waals surface area contributed by atoms with Crippen molar-refractivity contribution in [3.8, 4) is 0 Å². The molecule has 0 aromatic carbocycles. The first-order valence-electron chi connectivity index (χ1n) is 5.33. The van der Waals surface area contributed by atoms with Crippen LogP contribution in [0.3, 0.4) is 0 Å². The molecule has 1 heteroatoms. The van der Waals surface area contributed by atoms with Crippen molar-refractivity contribution in [1.82, 2.24) is 5.32 Å². The molecule has 0 amide bonds. The predicted molar refractivity (Wildman–Crippen MR) is 52.2 cm³/mol. The first-order chi connectivity index (χ1) is 5.56. The molecule has 1 spiro atoms. The van der Waals surface area contributed by atoms with Crippen molar-refractivity contribution in [2.45, 2.75) is 64.5 Å². The maximum Gasteiger partial charge on any atom is 0.0249 e. The average molecular weight is 167 g/mol. The van der Waals surface area contributed by atoms with Gasteiger partial charge in [0.05, 0.1) is 0 Å². The SMILES string of the molecule is CC1CC2(CCCCC2(C)C)N1. The van der Waals surface area contributed by atoms with Gasteiger partial charge in [0.1, 0.15) is 0 Å². The molecule has 0 aromatic heterocycles. The molecule has 2 aliphatic rings. The second-order valence-corrected chi connectivity index (χ2v) is 5.42. The molecule has 0 radical (unpaired) electrons. The molecule has 1 saturated heterocycles. The first kappa shape index (κ1) is 8.55. The number of hydrogen-bond donors (Lipinski definition) is 1. The third kappa shape index (κ3) is 1.02. The Morgan fingerprint density at radius 1 is 1.17 bits per heavy atom. The van der Waals surface area contributed by atoms with Crippen LogP contribution >= 0.6 is 0 Å². The van der Waals surface area contributed by atoms with E-state index >= 15 is 0 Å². The highest BCUT2D eigenvalue weighted by Crippen LogP contribution is 2.50. The summed E-state index contributed by atoms with van der Waals surface area (Å²) < 4.78 is 0. The Balaban J connectivity index is 2.12. The molecule has 0 aromatic rings. The van der Waals surface area contributed by atoms with Gasteiger partial charge in [-0.15, -0.1) is 0 Å². The summed E-state index contributed by atoms with van der Waals surface area (Å²) in [5.41, 5.74) is 1.06. The average Bonchev–Trinajstić information content (AvgIpc) is 1.91. The molecule has 1 aliphatic carbocycles. The van der Waals surface area contributed by atoms with Gasteiger partial charge >= 0.3 is 0 Å². The molecule has 1 heterocycles. The van der Waals surface area contributed by atoms with Gasteiger partial charge in [-0.05, 0) is 31.6 Å². The van der Waals surface area contributed by atoms with Crippen molar-refractivity contribution in [2.24, 2.45) is 5.41 Å². The summed E-state index contributed by atoms with van der Waals surface area (Å²) in [6.07, 6.45) is 7.09. The predicted octanol–water partition coefficient (Wildman–Crippen LogP) is 2.71. The highest BCUT2D eigenvalue weighted by atomic mass is 15.1. The minimum Gasteiger partial charge on any atom is -0.308 e. The zero-order valence-electron chi connectivity index (χ0n) is 8.61. The van der Waals surface area contributed by atoms with Crippen molar-refractivity contribution < 1.29 is 0 Å². The lowest BCUT2D eigenvalue weighted by Crippen LogP contribution is -2.70. The highest BCUT2D eigenvalue weighted by molar-refractivity contribution is 5.11. The Hall–Kier alpha value is -0.0400. The van der Waals surface area contributed by atoms with Gasteiger partial charge in [0.2, 0.25) is 0 Å². The molecule has 70 valence electrons. The van der Waals surface area contributed by atoms with E-state index in [0.717, 1.165) is 6.04 Å². The van der Waals surface area contributed by atoms with Crippen LogP contribution in [0.25, 0.3) is 0 Å². The maximum absolute atomic E-state index is 3.75. The quantitative estimate of drug-likeness (QED) is 0.585. The first-order valence-corrected chi connectivity index (χ1v) is 5.33. The maximum atomic E-state index is 3.75. The molecule has 2 fully saturated rings. The van der Waals surface area contributed by atoms with Gasteiger partial charge in [0, 0.05) is 11.6 Å². The molecule has 1 saturated carbocycles. The van der Waals surface area contributed by atoms with Crippen LogP contribution < -0.4 is 5.32 Å². The van der Waals surface area contributed by atoms with Crippen LogP contribution in [0.1, 0.15) is 52.9 Å². The topological polar surface area (TPSA) is 12.0 Å². The Morgan fingerprint density at radius 2 is 1.75 bits per heavy atom. The second kappa shape index (κ2) is 2.47. The van der Waals surface area contributed by atoms with Crippen LogP contribution in [0.4, 0.5) is 0 Å². The molecular formula is C11H21N. The normalized spacial score (nSPS) is 45.8. The van der Waals surface area contributed by atoms with Crippen LogP contribution in [-0.4, -0.2) is 11.6 Å². The van der Waals surface area contributed by atoms with E-state index in [1.54, 1.807) is 0 Å². The van der Waals surface area contributed by atoms with Gasteiger partial charge < -0.3 is 5.32 Å². The largest absolute Gasteiger partial charge is 0.308 e. The van der Waals surface area contributed by atoms with E-state index in [1.807, 2.05) is 0 Å². The van der Waals surface area contributed by atoms with Crippen LogP contribution in [0.15, 0.2) is 0 Å². The Morgan fingerprint density at radius 3 is 2.25 bits per heavy atom. The zero-order valence-corrected chi connectivity index (χ0v) is 8.61. The van der Waals surface area contributed by atoms with Crippen LogP contribution in [0.5, 0.6) is 0 Å². The summed E-state index contributed by atoms with van der Waals surface area (Å²) in [5.74, 6) is 0. The zero-order chi connectivity index (χ0) is 8.82. The second-order valence-electron chi connectivity index (χ2n) is 5.42. The van der Waals surface area contributed by atoms with Crippen LogP contribution in [0, 0.1) is 5.41 Å². The number of nitrogens with one attached hydrogen (secondary N) is 1. The van der Waals surface area contributed by atoms with E-state index in [1.165, 1.54) is 32.1 Å². The van der Waals surface area contributed by atoms with Crippen molar-refractivity contribution in [2.75, 3.05) is 0 Å². The van der Waals surface area contributed by atoms with Gasteiger partial charge in [0.15, 0.2) is 0 Å². The molecule has 1 nitrogen and oxygen atoms in total. The lowest BCUT2D eigenvalue weighted by molar-refractivity contribution is -0.0208. The van der Waals surface area contributed by atoms with Gasteiger partial charge in [-0.3, -0.25) is 0 Å². The molecule has 1 N–H and O–H groups in total. The van der Waals surface area contributed by atoms with Crippen molar-refractivity contribution in [3.63, 3.8) is 0 Å². The standard InChI is InChI=1S/C11H21N/c1-9-8-11(12-9)7-5-4-6-10(11,2)3/h9,12H,4-8H2,1-3H3. The molecule has 1 aliphatic heterocycles. The number of rotatable bonds is 0. The minimum absolute atomic E-state index is 0.519. The van der Waals surface area contributed by atoms with Gasteiger partial charge in [-0.2, -0.15) is 0 Å². The minimum atomic E-state index is 0.519. The lowest BCUT2D eigenvalue weighted by atomic mass is 9.57. The van der Waals surface area contributed by atoms with Crippen molar-refractivity contribution >= 4 is 0 Å². The Bertz CT molecular complexity index is 172. The smallest absolute Gasteiger partial charge is 0.0249 e.